The van der Waals surface area contributed by atoms with Crippen LogP contribution in [0.5, 0.6) is 0 Å². The van der Waals surface area contributed by atoms with Crippen molar-refractivity contribution in [3.63, 3.8) is 0 Å². The Kier molecular flexibility index (Phi) is 31.6. The van der Waals surface area contributed by atoms with Crippen molar-refractivity contribution in [1.82, 2.24) is 6.38 Å². The first kappa shape index (κ1) is 44.3. The Balaban J connectivity index is -0.000000125. The van der Waals surface area contributed by atoms with Crippen LogP contribution in [0.4, 0.5) is 0 Å². The van der Waals surface area contributed by atoms with Crippen LogP contribution in [0.3, 0.4) is 0 Å². The van der Waals surface area contributed by atoms with Gasteiger partial charge in [0.2, 0.25) is 0 Å². The molecule has 7 nitrogen and oxygen atoms in total. The molecule has 0 heterocycles. The van der Waals surface area contributed by atoms with E-state index in [0.717, 1.165) is 0 Å². The number of hydrogen-bond donors (Lipinski definition) is 0. The maximum absolute atomic E-state index is 7.50. The summed E-state index contributed by atoms with van der Waals surface area (Å²) in [5, 5.41) is 0. The Labute approximate surface area is 199 Å². The molecule has 0 aromatic carbocycles. The van der Waals surface area contributed by atoms with Crippen molar-refractivity contribution in [3.8, 4) is 0 Å². The summed E-state index contributed by atoms with van der Waals surface area (Å²) < 4.78 is 43.7. The van der Waals surface area contributed by atoms with Crippen molar-refractivity contribution in [2.45, 2.75) is 78.6 Å². The van der Waals surface area contributed by atoms with Crippen molar-refractivity contribution in [1.29, 1.82) is 0 Å². The van der Waals surface area contributed by atoms with Crippen LogP contribution >= 0.6 is 0 Å². The van der Waals surface area contributed by atoms with E-state index in [9.17, 15) is 0 Å². The van der Waals surface area contributed by atoms with Crippen LogP contribution in [0.15, 0.2) is 0 Å². The first-order chi connectivity index (χ1) is 13.4. The second kappa shape index (κ2) is 21.4. The molecule has 0 amide bonds. The number of nitrogens with zero attached hydrogens (tertiary/aromatic N) is 2. The van der Waals surface area contributed by atoms with E-state index >= 15 is 0 Å². The summed E-state index contributed by atoms with van der Waals surface area (Å²) in [6.45, 7) is 53.0. The monoisotopic (exact) mass is 586 g/mol. The number of rotatable bonds is 6. The molecule has 0 aliphatic rings. The third kappa shape index (κ3) is 20.5. The molecule has 0 atom stereocenters. The first-order valence-corrected chi connectivity index (χ1v) is 28.4. The number of hydrogen-bond acceptors (Lipinski definition) is 2. The van der Waals surface area contributed by atoms with Crippen molar-refractivity contribution in [3.05, 3.63) is 33.3 Å². The molecule has 0 spiro atoms. The van der Waals surface area contributed by atoms with Gasteiger partial charge in [-0.25, -0.2) is 0 Å². The zero-order valence-corrected chi connectivity index (χ0v) is 27.7. The summed E-state index contributed by atoms with van der Waals surface area (Å²) >= 11 is 2.29. The molecule has 0 aliphatic heterocycles. The zero-order valence-electron chi connectivity index (χ0n) is 20.3. The molecule has 0 fully saturated rings. The Hall–Kier alpha value is 0.563. The summed E-state index contributed by atoms with van der Waals surface area (Å²) in [5.74, 6) is 0. The minimum absolute atomic E-state index is 1.26. The van der Waals surface area contributed by atoms with Crippen molar-refractivity contribution in [2.75, 3.05) is 0 Å². The van der Waals surface area contributed by atoms with Gasteiger partial charge in [0, 0.05) is 0 Å². The quantitative estimate of drug-likeness (QED) is 0.264. The maximum atomic E-state index is 7.50. The molecule has 0 aromatic heterocycles. The third-order valence-corrected chi connectivity index (χ3v) is 47.8. The molecule has 0 rings (SSSR count). The average molecular weight is 585 g/mol. The molecular formula is C17H36CrGeN2O5Si4. The van der Waals surface area contributed by atoms with Gasteiger partial charge in [-0.3, -0.25) is 0 Å². The normalized spacial score (nSPS) is 10.4. The first-order valence-electron chi connectivity index (χ1n) is 8.57. The predicted octanol–water partition coefficient (Wildman–Crippen LogP) is 4.27. The van der Waals surface area contributed by atoms with Gasteiger partial charge in [0.25, 0.3) is 0 Å². The van der Waals surface area contributed by atoms with Gasteiger partial charge in [0.05, 0.1) is 0 Å². The molecule has 13 heteroatoms. The fourth-order valence-electron chi connectivity index (χ4n) is 3.26. The van der Waals surface area contributed by atoms with E-state index in [1.54, 1.807) is 0 Å². The van der Waals surface area contributed by atoms with Crippen LogP contribution < -0.4 is 0 Å². The van der Waals surface area contributed by atoms with E-state index < -0.39 is 45.3 Å². The van der Waals surface area contributed by atoms with E-state index in [1.807, 2.05) is 0 Å². The van der Waals surface area contributed by atoms with Gasteiger partial charge in [-0.05, 0) is 0 Å². The van der Waals surface area contributed by atoms with Crippen LogP contribution in [-0.2, 0) is 37.1 Å². The molecule has 0 saturated heterocycles. The topological polar surface area (TPSA) is 106 Å². The summed E-state index contributed by atoms with van der Waals surface area (Å²) in [7, 11) is -5.06. The van der Waals surface area contributed by atoms with E-state index in [4.69, 9.17) is 23.3 Å². The second-order valence-corrected chi connectivity index (χ2v) is 39.5. The van der Waals surface area contributed by atoms with Crippen molar-refractivity contribution in [2.24, 2.45) is 0 Å². The van der Waals surface area contributed by atoms with Crippen LogP contribution in [0.2, 0.25) is 78.6 Å². The molecule has 0 bridgehead atoms. The molecule has 0 aromatic rings. The third-order valence-electron chi connectivity index (χ3n) is 3.07. The van der Waals surface area contributed by atoms with Gasteiger partial charge in [0.1, 0.15) is 0 Å². The Bertz CT molecular complexity index is 472. The van der Waals surface area contributed by atoms with E-state index in [2.05, 4.69) is 132 Å². The van der Waals surface area contributed by atoms with Gasteiger partial charge in [-0.2, -0.15) is 0 Å². The Morgan fingerprint density at radius 2 is 0.533 bits per heavy atom. The van der Waals surface area contributed by atoms with Crippen LogP contribution in [0, 0.1) is 33.3 Å². The van der Waals surface area contributed by atoms with Crippen molar-refractivity contribution >= 4 is 45.3 Å². The Morgan fingerprint density at radius 1 is 0.433 bits per heavy atom. The summed E-state index contributed by atoms with van der Waals surface area (Å²) in [6, 6.07) is 0. The van der Waals surface area contributed by atoms with E-state index in [0.29, 0.717) is 0 Å². The van der Waals surface area contributed by atoms with Crippen LogP contribution in [0.25, 0.3) is 0 Å². The van der Waals surface area contributed by atoms with Crippen LogP contribution in [0.1, 0.15) is 0 Å². The molecule has 0 unspecified atom stereocenters. The van der Waals surface area contributed by atoms with E-state index in [-0.39, 0.29) is 0 Å². The van der Waals surface area contributed by atoms with Gasteiger partial charge < -0.3 is 0 Å². The standard InChI is InChI=1S/C12H36GeN2Si4.5CO.Cr/c1-16(2,3)14(17(4,5)6)13-15(18(7,8)9)19(10,11)12;5*1-2;/h1-12H3;;;;;;. The SMILES string of the molecule is C[Si](C)(C)[N]([Ge](=[Cr])[N]([Si](C)(C)C)[Si](C)(C)C)[Si](C)(C)C.[C-]#[O+].[C-]#[O+].[C-]#[O+].[C-]#[O+].[C-]#[O+]. The van der Waals surface area contributed by atoms with Crippen LogP contribution in [-0.4, -0.2) is 51.7 Å². The average Bonchev–Trinajstić information content (AvgIpc) is 2.58. The molecule has 0 aliphatic carbocycles. The minimum atomic E-state index is -1.47. The Morgan fingerprint density at radius 3 is 0.600 bits per heavy atom. The molecule has 0 N–H and O–H groups in total. The summed E-state index contributed by atoms with van der Waals surface area (Å²) in [4.78, 5) is 0. The molecular weight excluding hydrogens is 549 g/mol. The van der Waals surface area contributed by atoms with Gasteiger partial charge >= 0.3 is 201 Å². The fourth-order valence-corrected chi connectivity index (χ4v) is 67.3. The molecule has 30 heavy (non-hydrogen) atoms. The summed E-state index contributed by atoms with van der Waals surface area (Å²) in [5.41, 5.74) is 0. The molecule has 0 saturated carbocycles. The zero-order chi connectivity index (χ0) is 26.7. The fraction of sp³-hybridized carbons (Fsp3) is 0.706. The van der Waals surface area contributed by atoms with Gasteiger partial charge in [0.15, 0.2) is 0 Å². The second-order valence-electron chi connectivity index (χ2n) is 9.64. The predicted molar refractivity (Wildman–Crippen MR) is 122 cm³/mol. The van der Waals surface area contributed by atoms with Gasteiger partial charge in [-0.15, -0.1) is 0 Å². The van der Waals surface area contributed by atoms with Crippen molar-refractivity contribution < 1.29 is 37.1 Å². The molecule has 0 radical (unpaired) electrons. The van der Waals surface area contributed by atoms with E-state index in [1.165, 1.54) is 0 Å². The molecule has 170 valence electrons. The summed E-state index contributed by atoms with van der Waals surface area (Å²) in [6.07, 6.45) is 0. The van der Waals surface area contributed by atoms with Gasteiger partial charge in [-0.1, -0.05) is 0 Å².